The predicted molar refractivity (Wildman–Crippen MR) is 109 cm³/mol. The third kappa shape index (κ3) is 5.47. The number of carbonyl (C=O) groups excluding carboxylic acids is 1. The lowest BCUT2D eigenvalue weighted by molar-refractivity contribution is -0.116. The van der Waals surface area contributed by atoms with E-state index in [0.29, 0.717) is 23.7 Å². The summed E-state index contributed by atoms with van der Waals surface area (Å²) >= 11 is 0. The highest BCUT2D eigenvalue weighted by Crippen LogP contribution is 2.23. The van der Waals surface area contributed by atoms with Gasteiger partial charge in [-0.15, -0.1) is 0 Å². The van der Waals surface area contributed by atoms with Crippen LogP contribution in [-0.2, 0) is 21.2 Å². The van der Waals surface area contributed by atoms with E-state index in [-0.39, 0.29) is 0 Å². The van der Waals surface area contributed by atoms with Crippen molar-refractivity contribution in [1.82, 2.24) is 0 Å². The molecule has 1 N–H and O–H groups in total. The average molecular weight is 391 g/mol. The van der Waals surface area contributed by atoms with Crippen LogP contribution < -0.4 is 14.4 Å². The molecular formula is C20H26N2O4S. The van der Waals surface area contributed by atoms with Gasteiger partial charge in [-0.05, 0) is 62.2 Å². The number of carbonyl (C=O) groups is 1. The molecule has 0 heterocycles. The van der Waals surface area contributed by atoms with Crippen LogP contribution in [0.4, 0.5) is 11.4 Å². The Kier molecular flexibility index (Phi) is 6.85. The molecule has 1 atom stereocenters. The highest BCUT2D eigenvalue weighted by molar-refractivity contribution is 7.92. The highest BCUT2D eigenvalue weighted by atomic mass is 32.2. The Hall–Kier alpha value is -2.54. The van der Waals surface area contributed by atoms with Gasteiger partial charge in [0.1, 0.15) is 11.8 Å². The van der Waals surface area contributed by atoms with Crippen molar-refractivity contribution in [2.75, 3.05) is 22.5 Å². The fourth-order valence-corrected chi connectivity index (χ4v) is 3.91. The maximum Gasteiger partial charge on any atom is 0.247 e. The normalized spacial score (nSPS) is 12.3. The van der Waals surface area contributed by atoms with Gasteiger partial charge in [-0.3, -0.25) is 9.10 Å². The van der Waals surface area contributed by atoms with Crippen molar-refractivity contribution in [3.63, 3.8) is 0 Å². The van der Waals surface area contributed by atoms with E-state index in [9.17, 15) is 13.2 Å². The lowest BCUT2D eigenvalue weighted by Crippen LogP contribution is -2.45. The van der Waals surface area contributed by atoms with Gasteiger partial charge >= 0.3 is 0 Å². The molecule has 0 saturated heterocycles. The van der Waals surface area contributed by atoms with Crippen molar-refractivity contribution in [2.24, 2.45) is 0 Å². The zero-order chi connectivity index (χ0) is 20.0. The largest absolute Gasteiger partial charge is 0.494 e. The number of anilines is 2. The predicted octanol–water partition coefficient (Wildman–Crippen LogP) is 3.44. The highest BCUT2D eigenvalue weighted by Gasteiger charge is 2.29. The number of amides is 1. The first-order chi connectivity index (χ1) is 12.8. The minimum Gasteiger partial charge on any atom is -0.494 e. The van der Waals surface area contributed by atoms with Crippen molar-refractivity contribution in [1.29, 1.82) is 0 Å². The quantitative estimate of drug-likeness (QED) is 0.749. The summed E-state index contributed by atoms with van der Waals surface area (Å²) in [7, 11) is -3.64. The second-order valence-electron chi connectivity index (χ2n) is 6.20. The van der Waals surface area contributed by atoms with E-state index in [1.807, 2.05) is 26.0 Å². The number of hydrogen-bond acceptors (Lipinski definition) is 4. The van der Waals surface area contributed by atoms with Crippen molar-refractivity contribution < 1.29 is 17.9 Å². The number of aryl methyl sites for hydroxylation is 1. The summed E-state index contributed by atoms with van der Waals surface area (Å²) in [6.45, 7) is 6.04. The third-order valence-electron chi connectivity index (χ3n) is 4.12. The summed E-state index contributed by atoms with van der Waals surface area (Å²) in [6.07, 6.45) is 1.95. The molecule has 146 valence electrons. The van der Waals surface area contributed by atoms with Crippen LogP contribution in [-0.4, -0.2) is 33.2 Å². The molecular weight excluding hydrogens is 364 g/mol. The lowest BCUT2D eigenvalue weighted by atomic mass is 10.1. The molecule has 2 aromatic rings. The van der Waals surface area contributed by atoms with Crippen LogP contribution in [0.5, 0.6) is 5.75 Å². The van der Waals surface area contributed by atoms with Crippen LogP contribution in [0, 0.1) is 0 Å². The molecule has 0 fully saturated rings. The Morgan fingerprint density at radius 1 is 1.07 bits per heavy atom. The van der Waals surface area contributed by atoms with Crippen LogP contribution in [0.25, 0.3) is 0 Å². The van der Waals surface area contributed by atoms with Crippen molar-refractivity contribution >= 4 is 27.3 Å². The Morgan fingerprint density at radius 3 is 2.15 bits per heavy atom. The first-order valence-electron chi connectivity index (χ1n) is 8.88. The second-order valence-corrected chi connectivity index (χ2v) is 8.06. The molecule has 1 amide bonds. The third-order valence-corrected chi connectivity index (χ3v) is 5.36. The van der Waals surface area contributed by atoms with Gasteiger partial charge in [0.15, 0.2) is 0 Å². The van der Waals surface area contributed by atoms with E-state index in [2.05, 4.69) is 5.32 Å². The first kappa shape index (κ1) is 20.8. The summed E-state index contributed by atoms with van der Waals surface area (Å²) in [6, 6.07) is 13.2. The topological polar surface area (TPSA) is 75.7 Å². The van der Waals surface area contributed by atoms with Gasteiger partial charge in [0.25, 0.3) is 0 Å². The molecule has 0 bridgehead atoms. The number of nitrogens with zero attached hydrogens (tertiary/aromatic N) is 1. The van der Waals surface area contributed by atoms with Crippen LogP contribution in [0.15, 0.2) is 48.5 Å². The SMILES string of the molecule is CCOc1ccc(NC(=O)[C@@H](C)N(c2ccc(CC)cc2)S(C)(=O)=O)cc1. The van der Waals surface area contributed by atoms with E-state index in [4.69, 9.17) is 4.74 Å². The Morgan fingerprint density at radius 2 is 1.67 bits per heavy atom. The standard InChI is InChI=1S/C20H26N2O4S/c1-5-16-7-11-18(12-8-16)22(27(4,24)25)15(3)20(23)21-17-9-13-19(14-10-17)26-6-2/h7-15H,5-6H2,1-4H3,(H,21,23)/t15-/m1/s1. The van der Waals surface area contributed by atoms with Crippen LogP contribution in [0.2, 0.25) is 0 Å². The van der Waals surface area contributed by atoms with Gasteiger partial charge in [-0.2, -0.15) is 0 Å². The number of sulfonamides is 1. The van der Waals surface area contributed by atoms with E-state index < -0.39 is 22.0 Å². The summed E-state index contributed by atoms with van der Waals surface area (Å²) in [4.78, 5) is 12.7. The average Bonchev–Trinajstić information content (AvgIpc) is 2.63. The van der Waals surface area contributed by atoms with E-state index in [1.54, 1.807) is 43.3 Å². The van der Waals surface area contributed by atoms with Gasteiger partial charge < -0.3 is 10.1 Å². The zero-order valence-electron chi connectivity index (χ0n) is 16.1. The van der Waals surface area contributed by atoms with Gasteiger partial charge in [0.2, 0.25) is 15.9 Å². The summed E-state index contributed by atoms with van der Waals surface area (Å²) in [5, 5.41) is 2.76. The number of benzene rings is 2. The molecule has 0 aliphatic carbocycles. The molecule has 2 rings (SSSR count). The molecule has 0 unspecified atom stereocenters. The molecule has 2 aromatic carbocycles. The molecule has 0 spiro atoms. The lowest BCUT2D eigenvalue weighted by Gasteiger charge is -2.28. The van der Waals surface area contributed by atoms with Gasteiger partial charge in [-0.25, -0.2) is 8.42 Å². The minimum absolute atomic E-state index is 0.413. The van der Waals surface area contributed by atoms with Gasteiger partial charge in [0.05, 0.1) is 18.6 Å². The number of ether oxygens (including phenoxy) is 1. The summed E-state index contributed by atoms with van der Waals surface area (Å²) in [5.74, 6) is 0.293. The maximum absolute atomic E-state index is 12.7. The van der Waals surface area contributed by atoms with E-state index >= 15 is 0 Å². The minimum atomic E-state index is -3.64. The molecule has 0 saturated carbocycles. The molecule has 7 heteroatoms. The second kappa shape index (κ2) is 8.90. The van der Waals surface area contributed by atoms with Gasteiger partial charge in [-0.1, -0.05) is 19.1 Å². The smallest absolute Gasteiger partial charge is 0.247 e. The van der Waals surface area contributed by atoms with Crippen molar-refractivity contribution in [3.05, 3.63) is 54.1 Å². The Labute approximate surface area is 161 Å². The van der Waals surface area contributed by atoms with Crippen molar-refractivity contribution in [3.8, 4) is 5.75 Å². The maximum atomic E-state index is 12.7. The monoisotopic (exact) mass is 390 g/mol. The summed E-state index contributed by atoms with van der Waals surface area (Å²) in [5.41, 5.74) is 2.13. The number of nitrogens with one attached hydrogen (secondary N) is 1. The molecule has 0 aromatic heterocycles. The van der Waals surface area contributed by atoms with Crippen LogP contribution >= 0.6 is 0 Å². The van der Waals surface area contributed by atoms with Crippen LogP contribution in [0.1, 0.15) is 26.3 Å². The Bertz CT molecular complexity index is 862. The summed E-state index contributed by atoms with van der Waals surface area (Å²) < 4.78 is 31.2. The van der Waals surface area contributed by atoms with Crippen molar-refractivity contribution in [2.45, 2.75) is 33.2 Å². The molecule has 0 aliphatic rings. The first-order valence-corrected chi connectivity index (χ1v) is 10.7. The fourth-order valence-electron chi connectivity index (χ4n) is 2.74. The molecule has 27 heavy (non-hydrogen) atoms. The van der Waals surface area contributed by atoms with Gasteiger partial charge in [0, 0.05) is 5.69 Å². The fraction of sp³-hybridized carbons (Fsp3) is 0.350. The molecule has 6 nitrogen and oxygen atoms in total. The Balaban J connectivity index is 2.21. The number of hydrogen-bond donors (Lipinski definition) is 1. The number of rotatable bonds is 8. The zero-order valence-corrected chi connectivity index (χ0v) is 16.9. The molecule has 0 radical (unpaired) electrons. The van der Waals surface area contributed by atoms with E-state index in [1.165, 1.54) is 0 Å². The molecule has 0 aliphatic heterocycles. The van der Waals surface area contributed by atoms with E-state index in [0.717, 1.165) is 22.5 Å². The van der Waals surface area contributed by atoms with Crippen LogP contribution in [0.3, 0.4) is 0 Å².